The molecule has 3 heteroatoms. The Balaban J connectivity index is 1.25. The van der Waals surface area contributed by atoms with Crippen molar-refractivity contribution >= 4 is 6.09 Å². The molecule has 0 aromatic heterocycles. The highest BCUT2D eigenvalue weighted by molar-refractivity contribution is 5.72. The highest BCUT2D eigenvalue weighted by atomic mass is 16.6. The summed E-state index contributed by atoms with van der Waals surface area (Å²) in [6.07, 6.45) is 7.88. The number of carbonyl (C=O) groups is 1. The average Bonchev–Trinajstić information content (AvgIpc) is 2.79. The van der Waals surface area contributed by atoms with Crippen molar-refractivity contribution in [3.05, 3.63) is 90.5 Å². The summed E-state index contributed by atoms with van der Waals surface area (Å²) >= 11 is 0. The first-order chi connectivity index (χ1) is 14.8. The van der Waals surface area contributed by atoms with Crippen molar-refractivity contribution < 1.29 is 9.53 Å². The number of nitrogens with one attached hydrogen (secondary N) is 1. The van der Waals surface area contributed by atoms with Crippen molar-refractivity contribution in [2.24, 2.45) is 0 Å². The van der Waals surface area contributed by atoms with Crippen LogP contribution in [-0.2, 0) is 6.42 Å². The first-order valence-electron chi connectivity index (χ1n) is 11.0. The van der Waals surface area contributed by atoms with E-state index >= 15 is 0 Å². The van der Waals surface area contributed by atoms with Gasteiger partial charge in [0.25, 0.3) is 0 Å². The van der Waals surface area contributed by atoms with Crippen LogP contribution in [0.3, 0.4) is 0 Å². The number of rotatable bonds is 11. The number of unbranched alkanes of at least 4 members (excludes halogenated alkanes) is 5. The molecule has 3 aromatic carbocycles. The summed E-state index contributed by atoms with van der Waals surface area (Å²) < 4.78 is 5.43. The lowest BCUT2D eigenvalue weighted by molar-refractivity contribution is 0.200. The number of benzene rings is 3. The molecule has 0 fully saturated rings. The molecular weight excluding hydrogens is 370 g/mol. The van der Waals surface area contributed by atoms with Gasteiger partial charge in [-0.1, -0.05) is 98.5 Å². The molecule has 0 unspecified atom stereocenters. The van der Waals surface area contributed by atoms with Crippen molar-refractivity contribution in [2.45, 2.75) is 44.9 Å². The van der Waals surface area contributed by atoms with Gasteiger partial charge in [0.1, 0.15) is 5.75 Å². The summed E-state index contributed by atoms with van der Waals surface area (Å²) in [5, 5.41) is 2.85. The first-order valence-corrected chi connectivity index (χ1v) is 11.0. The molecule has 0 aliphatic heterocycles. The highest BCUT2D eigenvalue weighted by Gasteiger charge is 2.05. The van der Waals surface area contributed by atoms with Crippen molar-refractivity contribution in [1.29, 1.82) is 0 Å². The minimum Gasteiger partial charge on any atom is -0.410 e. The molecule has 0 aliphatic carbocycles. The second-order valence-electron chi connectivity index (χ2n) is 7.57. The Morgan fingerprint density at radius 1 is 0.667 bits per heavy atom. The van der Waals surface area contributed by atoms with E-state index in [2.05, 4.69) is 35.6 Å². The maximum atomic E-state index is 12.0. The fourth-order valence-electron chi connectivity index (χ4n) is 3.51. The van der Waals surface area contributed by atoms with Gasteiger partial charge >= 0.3 is 6.09 Å². The minimum absolute atomic E-state index is 0.386. The summed E-state index contributed by atoms with van der Waals surface area (Å²) in [7, 11) is 0. The number of hydrogen-bond acceptors (Lipinski definition) is 2. The highest BCUT2D eigenvalue weighted by Crippen LogP contribution is 2.23. The van der Waals surface area contributed by atoms with E-state index in [-0.39, 0.29) is 6.09 Å². The SMILES string of the molecule is O=C(NCCCCCCCCc1ccccc1)Oc1cccc(-c2ccccc2)c1. The molecule has 3 nitrogen and oxygen atoms in total. The quantitative estimate of drug-likeness (QED) is 0.350. The van der Waals surface area contributed by atoms with E-state index in [1.54, 1.807) is 0 Å². The molecule has 0 radical (unpaired) electrons. The Bertz CT molecular complexity index is 878. The van der Waals surface area contributed by atoms with Crippen LogP contribution in [-0.4, -0.2) is 12.6 Å². The van der Waals surface area contributed by atoms with Crippen LogP contribution in [0.4, 0.5) is 4.79 Å². The first kappa shape index (κ1) is 21.6. The molecule has 0 saturated heterocycles. The molecule has 0 spiro atoms. The minimum atomic E-state index is -0.386. The molecule has 1 amide bonds. The van der Waals surface area contributed by atoms with Crippen molar-refractivity contribution in [3.63, 3.8) is 0 Å². The van der Waals surface area contributed by atoms with Gasteiger partial charge in [-0.15, -0.1) is 0 Å². The standard InChI is InChI=1S/C27H31NO2/c29-27(30-26-20-13-19-25(22-26)24-17-10-6-11-18-24)28-21-12-4-2-1-3-7-14-23-15-8-5-9-16-23/h5-6,8-11,13,15-20,22H,1-4,7,12,14,21H2,(H,28,29). The lowest BCUT2D eigenvalue weighted by atomic mass is 10.1. The Morgan fingerprint density at radius 3 is 2.07 bits per heavy atom. The van der Waals surface area contributed by atoms with Gasteiger partial charge in [0.15, 0.2) is 0 Å². The van der Waals surface area contributed by atoms with Crippen LogP contribution < -0.4 is 10.1 Å². The Labute approximate surface area is 180 Å². The van der Waals surface area contributed by atoms with Crippen LogP contribution in [0.2, 0.25) is 0 Å². The third kappa shape index (κ3) is 7.75. The molecule has 30 heavy (non-hydrogen) atoms. The average molecular weight is 402 g/mol. The smallest absolute Gasteiger partial charge is 0.410 e. The zero-order valence-electron chi connectivity index (χ0n) is 17.6. The van der Waals surface area contributed by atoms with E-state index in [4.69, 9.17) is 4.74 Å². The van der Waals surface area contributed by atoms with Crippen LogP contribution in [0.5, 0.6) is 5.75 Å². The largest absolute Gasteiger partial charge is 0.412 e. The third-order valence-electron chi connectivity index (χ3n) is 5.16. The normalized spacial score (nSPS) is 10.5. The van der Waals surface area contributed by atoms with Gasteiger partial charge in [-0.2, -0.15) is 0 Å². The molecule has 0 saturated carbocycles. The van der Waals surface area contributed by atoms with Gasteiger partial charge < -0.3 is 10.1 Å². The van der Waals surface area contributed by atoms with E-state index in [1.807, 2.05) is 54.6 Å². The zero-order chi connectivity index (χ0) is 20.9. The van der Waals surface area contributed by atoms with Crippen LogP contribution >= 0.6 is 0 Å². The molecule has 0 atom stereocenters. The molecule has 3 rings (SSSR count). The molecule has 3 aromatic rings. The monoisotopic (exact) mass is 401 g/mol. The van der Waals surface area contributed by atoms with Crippen molar-refractivity contribution in [3.8, 4) is 16.9 Å². The van der Waals surface area contributed by atoms with Crippen molar-refractivity contribution in [1.82, 2.24) is 5.32 Å². The van der Waals surface area contributed by atoms with E-state index in [9.17, 15) is 4.79 Å². The van der Waals surface area contributed by atoms with Gasteiger partial charge in [-0.05, 0) is 48.1 Å². The number of carbonyl (C=O) groups excluding carboxylic acids is 1. The lowest BCUT2D eigenvalue weighted by Crippen LogP contribution is -2.27. The molecule has 0 bridgehead atoms. The summed E-state index contributed by atoms with van der Waals surface area (Å²) in [5.74, 6) is 0.562. The molecule has 0 heterocycles. The molecular formula is C27H31NO2. The van der Waals surface area contributed by atoms with E-state index in [1.165, 1.54) is 37.7 Å². The second kappa shape index (κ2) is 12.5. The summed E-state index contributed by atoms with van der Waals surface area (Å²) in [4.78, 5) is 12.0. The number of hydrogen-bond donors (Lipinski definition) is 1. The van der Waals surface area contributed by atoms with E-state index in [0.717, 1.165) is 24.0 Å². The maximum Gasteiger partial charge on any atom is 0.412 e. The zero-order valence-corrected chi connectivity index (χ0v) is 17.6. The predicted molar refractivity (Wildman–Crippen MR) is 124 cm³/mol. The molecule has 1 N–H and O–H groups in total. The van der Waals surface area contributed by atoms with Crippen molar-refractivity contribution in [2.75, 3.05) is 6.54 Å². The second-order valence-corrected chi connectivity index (χ2v) is 7.57. The van der Waals surface area contributed by atoms with Gasteiger partial charge in [0.2, 0.25) is 0 Å². The Morgan fingerprint density at radius 2 is 1.30 bits per heavy atom. The van der Waals surface area contributed by atoms with Gasteiger partial charge in [0.05, 0.1) is 0 Å². The van der Waals surface area contributed by atoms with E-state index < -0.39 is 0 Å². The van der Waals surface area contributed by atoms with Crippen LogP contribution in [0, 0.1) is 0 Å². The maximum absolute atomic E-state index is 12.0. The Kier molecular flexibility index (Phi) is 9.00. The fraction of sp³-hybridized carbons (Fsp3) is 0.296. The number of amides is 1. The van der Waals surface area contributed by atoms with Gasteiger partial charge in [0, 0.05) is 6.54 Å². The topological polar surface area (TPSA) is 38.3 Å². The summed E-state index contributed by atoms with van der Waals surface area (Å²) in [6.45, 7) is 0.654. The third-order valence-corrected chi connectivity index (χ3v) is 5.16. The lowest BCUT2D eigenvalue weighted by Gasteiger charge is -2.08. The molecule has 0 aliphatic rings. The molecule has 156 valence electrons. The van der Waals surface area contributed by atoms with Crippen LogP contribution in [0.15, 0.2) is 84.9 Å². The summed E-state index contributed by atoms with van der Waals surface area (Å²) in [6, 6.07) is 28.4. The van der Waals surface area contributed by atoms with Crippen LogP contribution in [0.1, 0.15) is 44.1 Å². The fourth-order valence-corrected chi connectivity index (χ4v) is 3.51. The Hall–Kier alpha value is -3.07. The van der Waals surface area contributed by atoms with Crippen LogP contribution in [0.25, 0.3) is 11.1 Å². The van der Waals surface area contributed by atoms with Gasteiger partial charge in [-0.3, -0.25) is 0 Å². The number of aryl methyl sites for hydroxylation is 1. The predicted octanol–water partition coefficient (Wildman–Crippen LogP) is 7.03. The van der Waals surface area contributed by atoms with Gasteiger partial charge in [-0.25, -0.2) is 4.79 Å². The summed E-state index contributed by atoms with van der Waals surface area (Å²) in [5.41, 5.74) is 3.56. The number of ether oxygens (including phenoxy) is 1. The van der Waals surface area contributed by atoms with E-state index in [0.29, 0.717) is 12.3 Å².